The van der Waals surface area contributed by atoms with E-state index in [0.29, 0.717) is 0 Å². The van der Waals surface area contributed by atoms with Crippen molar-refractivity contribution in [3.05, 3.63) is 28.8 Å². The van der Waals surface area contributed by atoms with Crippen molar-refractivity contribution in [1.82, 2.24) is 0 Å². The summed E-state index contributed by atoms with van der Waals surface area (Å²) < 4.78 is 4.84. The highest BCUT2D eigenvalue weighted by Gasteiger charge is 2.37. The second kappa shape index (κ2) is 5.61. The average Bonchev–Trinajstić information content (AvgIpc) is 2.46. The Morgan fingerprint density at radius 1 is 1.27 bits per heavy atom. The highest BCUT2D eigenvalue weighted by atomic mass is 16.5. The first kappa shape index (κ1) is 15.7. The largest absolute Gasteiger partial charge is 0.507 e. The lowest BCUT2D eigenvalue weighted by Gasteiger charge is -2.22. The quantitative estimate of drug-likeness (QED) is 0.697. The molecule has 116 valence electrons. The lowest BCUT2D eigenvalue weighted by atomic mass is 9.81. The first-order valence-corrected chi connectivity index (χ1v) is 6.38. The van der Waals surface area contributed by atoms with E-state index in [-0.39, 0.29) is 16.9 Å². The summed E-state index contributed by atoms with van der Waals surface area (Å²) in [5, 5.41) is 29.2. The fourth-order valence-electron chi connectivity index (χ4n) is 2.39. The molecule has 7 heteroatoms. The number of aromatic hydroxyl groups is 2. The maximum Gasteiger partial charge on any atom is 0.194 e. The first-order chi connectivity index (χ1) is 10.3. The molecular formula is C15H14O7. The zero-order chi connectivity index (χ0) is 16.6. The molecule has 0 saturated carbocycles. The SMILES string of the molecule is COc1cc(O)c2c(c1O)C(=O)C([C@@H](CO)C(C)=O)=CC2=O. The minimum Gasteiger partial charge on any atom is -0.507 e. The predicted octanol–water partition coefficient (Wildman–Crippen LogP) is 0.609. The molecule has 0 amide bonds. The van der Waals surface area contributed by atoms with Crippen LogP contribution >= 0.6 is 0 Å². The van der Waals surface area contributed by atoms with Gasteiger partial charge in [-0.05, 0) is 13.0 Å². The number of rotatable bonds is 4. The van der Waals surface area contributed by atoms with Gasteiger partial charge >= 0.3 is 0 Å². The summed E-state index contributed by atoms with van der Waals surface area (Å²) in [5.41, 5.74) is -1.01. The van der Waals surface area contributed by atoms with Crippen molar-refractivity contribution >= 4 is 17.3 Å². The molecule has 0 spiro atoms. The number of phenolic OH excluding ortho intramolecular Hbond substituents is 2. The number of benzene rings is 1. The van der Waals surface area contributed by atoms with Crippen LogP contribution in [0.1, 0.15) is 27.6 Å². The van der Waals surface area contributed by atoms with Crippen LogP contribution in [0.2, 0.25) is 0 Å². The molecule has 0 heterocycles. The molecule has 22 heavy (non-hydrogen) atoms. The zero-order valence-corrected chi connectivity index (χ0v) is 11.9. The topological polar surface area (TPSA) is 121 Å². The summed E-state index contributed by atoms with van der Waals surface area (Å²) >= 11 is 0. The third-order valence-corrected chi connectivity index (χ3v) is 3.54. The Kier molecular flexibility index (Phi) is 4.01. The molecular weight excluding hydrogens is 292 g/mol. The summed E-state index contributed by atoms with van der Waals surface area (Å²) in [6.07, 6.45) is 0.901. The van der Waals surface area contributed by atoms with Gasteiger partial charge in [-0.15, -0.1) is 0 Å². The summed E-state index contributed by atoms with van der Waals surface area (Å²) in [6.45, 7) is 0.532. The summed E-state index contributed by atoms with van der Waals surface area (Å²) in [4.78, 5) is 36.1. The number of methoxy groups -OCH3 is 1. The van der Waals surface area contributed by atoms with Crippen LogP contribution in [0.25, 0.3) is 0 Å². The number of aliphatic hydroxyl groups excluding tert-OH is 1. The normalized spacial score (nSPS) is 15.1. The number of carbonyl (C=O) groups excluding carboxylic acids is 3. The van der Waals surface area contributed by atoms with Gasteiger partial charge in [0.15, 0.2) is 23.1 Å². The molecule has 1 aliphatic rings. The van der Waals surface area contributed by atoms with Gasteiger partial charge in [0.2, 0.25) is 0 Å². The van der Waals surface area contributed by atoms with Crippen LogP contribution in [0.3, 0.4) is 0 Å². The number of phenols is 2. The van der Waals surface area contributed by atoms with E-state index < -0.39 is 46.9 Å². The maximum atomic E-state index is 12.5. The van der Waals surface area contributed by atoms with Crippen molar-refractivity contribution in [3.63, 3.8) is 0 Å². The number of hydrogen-bond donors (Lipinski definition) is 3. The Balaban J connectivity index is 2.70. The summed E-state index contributed by atoms with van der Waals surface area (Å²) in [6, 6.07) is 1.02. The van der Waals surface area contributed by atoms with E-state index in [4.69, 9.17) is 4.74 Å². The predicted molar refractivity (Wildman–Crippen MR) is 74.3 cm³/mol. The van der Waals surface area contributed by atoms with Crippen LogP contribution < -0.4 is 4.74 Å². The minimum absolute atomic E-state index is 0.179. The average molecular weight is 306 g/mol. The Morgan fingerprint density at radius 3 is 2.41 bits per heavy atom. The number of allylic oxidation sites excluding steroid dienone is 1. The number of fused-ring (bicyclic) bond motifs is 1. The highest BCUT2D eigenvalue weighted by molar-refractivity contribution is 6.28. The fraction of sp³-hybridized carbons (Fsp3) is 0.267. The number of Topliss-reactive ketones (excluding diaryl/α,β-unsaturated/α-hetero) is 2. The van der Waals surface area contributed by atoms with E-state index in [9.17, 15) is 29.7 Å². The number of aliphatic hydroxyl groups is 1. The molecule has 0 saturated heterocycles. The second-order valence-electron chi connectivity index (χ2n) is 4.84. The number of hydrogen-bond acceptors (Lipinski definition) is 7. The maximum absolute atomic E-state index is 12.5. The van der Waals surface area contributed by atoms with Crippen molar-refractivity contribution in [2.75, 3.05) is 13.7 Å². The fourth-order valence-corrected chi connectivity index (χ4v) is 2.39. The molecule has 0 unspecified atom stereocenters. The van der Waals surface area contributed by atoms with Gasteiger partial charge < -0.3 is 20.1 Å². The molecule has 0 aromatic heterocycles. The van der Waals surface area contributed by atoms with Crippen LogP contribution in [-0.2, 0) is 4.79 Å². The molecule has 3 N–H and O–H groups in total. The van der Waals surface area contributed by atoms with E-state index in [0.717, 1.165) is 12.1 Å². The zero-order valence-electron chi connectivity index (χ0n) is 11.9. The van der Waals surface area contributed by atoms with E-state index in [2.05, 4.69) is 0 Å². The molecule has 1 aliphatic carbocycles. The van der Waals surface area contributed by atoms with Crippen LogP contribution in [0.4, 0.5) is 0 Å². The lowest BCUT2D eigenvalue weighted by Crippen LogP contribution is -2.28. The molecule has 0 fully saturated rings. The van der Waals surface area contributed by atoms with Crippen molar-refractivity contribution in [1.29, 1.82) is 0 Å². The van der Waals surface area contributed by atoms with Gasteiger partial charge in [-0.1, -0.05) is 0 Å². The van der Waals surface area contributed by atoms with Crippen molar-refractivity contribution in [2.45, 2.75) is 6.92 Å². The van der Waals surface area contributed by atoms with Gasteiger partial charge in [-0.25, -0.2) is 0 Å². The minimum atomic E-state index is -1.17. The highest BCUT2D eigenvalue weighted by Crippen LogP contribution is 2.42. The van der Waals surface area contributed by atoms with Crippen molar-refractivity contribution in [3.8, 4) is 17.2 Å². The van der Waals surface area contributed by atoms with Crippen molar-refractivity contribution < 1.29 is 34.4 Å². The summed E-state index contributed by atoms with van der Waals surface area (Å²) in [5.74, 6) is -4.50. The first-order valence-electron chi connectivity index (χ1n) is 6.38. The van der Waals surface area contributed by atoms with Gasteiger partial charge in [0.05, 0.1) is 30.8 Å². The van der Waals surface area contributed by atoms with Crippen LogP contribution in [-0.4, -0.2) is 46.4 Å². The molecule has 1 aromatic rings. The van der Waals surface area contributed by atoms with Gasteiger partial charge in [0, 0.05) is 11.6 Å². The van der Waals surface area contributed by atoms with Gasteiger partial charge in [0.1, 0.15) is 11.5 Å². The van der Waals surface area contributed by atoms with E-state index in [1.54, 1.807) is 0 Å². The number of ketones is 3. The van der Waals surface area contributed by atoms with E-state index in [1.807, 2.05) is 0 Å². The molecule has 1 atom stereocenters. The monoisotopic (exact) mass is 306 g/mol. The van der Waals surface area contributed by atoms with Gasteiger partial charge in [0.25, 0.3) is 0 Å². The van der Waals surface area contributed by atoms with E-state index >= 15 is 0 Å². The molecule has 0 radical (unpaired) electrons. The molecule has 7 nitrogen and oxygen atoms in total. The number of carbonyl (C=O) groups is 3. The summed E-state index contributed by atoms with van der Waals surface area (Å²) in [7, 11) is 1.22. The van der Waals surface area contributed by atoms with Gasteiger partial charge in [-0.2, -0.15) is 0 Å². The van der Waals surface area contributed by atoms with Crippen molar-refractivity contribution in [2.24, 2.45) is 5.92 Å². The Labute approximate surface area is 125 Å². The second-order valence-corrected chi connectivity index (χ2v) is 4.84. The molecule has 0 aliphatic heterocycles. The third kappa shape index (κ3) is 2.25. The molecule has 0 bridgehead atoms. The van der Waals surface area contributed by atoms with Gasteiger partial charge in [-0.3, -0.25) is 14.4 Å². The Bertz CT molecular complexity index is 715. The molecule has 1 aromatic carbocycles. The number of ether oxygens (including phenoxy) is 1. The Morgan fingerprint density at radius 2 is 1.91 bits per heavy atom. The van der Waals surface area contributed by atoms with Crippen LogP contribution in [0, 0.1) is 5.92 Å². The molecule has 2 rings (SSSR count). The third-order valence-electron chi connectivity index (χ3n) is 3.54. The standard InChI is InChI=1S/C15H14O7/c1-6(17)8(5-16)7-3-9(18)12-10(19)4-11(22-2)15(21)13(12)14(7)20/h3-4,8,16,19,21H,5H2,1-2H3/t8-/m0/s1. The van der Waals surface area contributed by atoms with Crippen LogP contribution in [0.15, 0.2) is 17.7 Å². The lowest BCUT2D eigenvalue weighted by molar-refractivity contribution is -0.120. The smallest absolute Gasteiger partial charge is 0.194 e. The Hall–Kier alpha value is -2.67. The van der Waals surface area contributed by atoms with Crippen LogP contribution in [0.5, 0.6) is 17.2 Å². The van der Waals surface area contributed by atoms with E-state index in [1.165, 1.54) is 14.0 Å².